The van der Waals surface area contributed by atoms with Gasteiger partial charge in [0.25, 0.3) is 0 Å². The molecule has 0 saturated heterocycles. The third-order valence-corrected chi connectivity index (χ3v) is 7.59. The molecule has 1 aliphatic carbocycles. The maximum Gasteiger partial charge on any atom is 0.137 e. The average Bonchev–Trinajstić information content (AvgIpc) is 3.32. The van der Waals surface area contributed by atoms with E-state index in [1.165, 1.54) is 18.4 Å². The number of imidazole rings is 1. The van der Waals surface area contributed by atoms with E-state index in [1.54, 1.807) is 25.3 Å². The number of nitrogens with zero attached hydrogens (tertiary/aromatic N) is 2. The van der Waals surface area contributed by atoms with E-state index < -0.39 is 0 Å². The molecule has 0 unspecified atom stereocenters. The summed E-state index contributed by atoms with van der Waals surface area (Å²) in [5.74, 6) is 1.56. The second-order valence-corrected chi connectivity index (χ2v) is 10.1. The van der Waals surface area contributed by atoms with Crippen LogP contribution in [0.25, 0.3) is 16.9 Å². The number of pyridine rings is 1. The van der Waals surface area contributed by atoms with Gasteiger partial charge in [0.2, 0.25) is 0 Å². The molecule has 0 spiro atoms. The lowest BCUT2D eigenvalue weighted by Crippen LogP contribution is -2.33. The molecule has 6 nitrogen and oxygen atoms in total. The minimum Gasteiger partial charge on any atom is -0.508 e. The number of hydrogen-bond donors (Lipinski definition) is 3. The summed E-state index contributed by atoms with van der Waals surface area (Å²) >= 11 is 6.35. The number of aromatic nitrogens is 2. The number of para-hydroxylation sites is 1. The zero-order valence-electron chi connectivity index (χ0n) is 20.5. The quantitative estimate of drug-likeness (QED) is 0.284. The summed E-state index contributed by atoms with van der Waals surface area (Å²) in [4.78, 5) is 4.84. The number of phenolic OH excluding ortho intramolecular Hbond substituents is 1. The van der Waals surface area contributed by atoms with E-state index in [1.807, 2.05) is 28.8 Å². The molecule has 2 heterocycles. The number of halogens is 1. The molecule has 7 heteroatoms. The van der Waals surface area contributed by atoms with E-state index in [-0.39, 0.29) is 6.61 Å². The van der Waals surface area contributed by atoms with Crippen molar-refractivity contribution in [3.05, 3.63) is 82.6 Å². The molecule has 0 bridgehead atoms. The Morgan fingerprint density at radius 1 is 1.08 bits per heavy atom. The predicted octanol–water partition coefficient (Wildman–Crippen LogP) is 5.75. The molecule has 4 aromatic rings. The van der Waals surface area contributed by atoms with Gasteiger partial charge in [-0.3, -0.25) is 0 Å². The summed E-state index contributed by atoms with van der Waals surface area (Å²) in [5.41, 5.74) is 5.44. The molecule has 5 rings (SSSR count). The van der Waals surface area contributed by atoms with Gasteiger partial charge in [0, 0.05) is 36.1 Å². The van der Waals surface area contributed by atoms with Crippen molar-refractivity contribution in [2.75, 3.05) is 7.11 Å². The van der Waals surface area contributed by atoms with E-state index in [0.29, 0.717) is 35.0 Å². The van der Waals surface area contributed by atoms with Gasteiger partial charge >= 0.3 is 0 Å². The van der Waals surface area contributed by atoms with Crippen molar-refractivity contribution in [1.82, 2.24) is 14.7 Å². The van der Waals surface area contributed by atoms with Crippen molar-refractivity contribution in [3.8, 4) is 22.8 Å². The number of aliphatic hydroxyl groups is 1. The van der Waals surface area contributed by atoms with Crippen LogP contribution in [0.4, 0.5) is 0 Å². The van der Waals surface area contributed by atoms with Crippen LogP contribution in [0.1, 0.15) is 42.4 Å². The van der Waals surface area contributed by atoms with E-state index in [2.05, 4.69) is 23.6 Å². The molecule has 0 aliphatic heterocycles. The van der Waals surface area contributed by atoms with Gasteiger partial charge < -0.3 is 24.7 Å². The fraction of sp³-hybridized carbons (Fsp3) is 0.345. The van der Waals surface area contributed by atoms with Gasteiger partial charge in [0.05, 0.1) is 24.4 Å². The molecule has 1 aliphatic rings. The van der Waals surface area contributed by atoms with Crippen LogP contribution in [-0.2, 0) is 19.6 Å². The first-order chi connectivity index (χ1) is 17.5. The van der Waals surface area contributed by atoms with Gasteiger partial charge in [-0.05, 0) is 79.5 Å². The number of hydrogen-bond acceptors (Lipinski definition) is 5. The lowest BCUT2D eigenvalue weighted by molar-refractivity contribution is 0.281. The minimum absolute atomic E-state index is 0.119. The molecule has 0 amide bonds. The molecule has 36 heavy (non-hydrogen) atoms. The summed E-state index contributed by atoms with van der Waals surface area (Å²) in [5, 5.41) is 24.0. The highest BCUT2D eigenvalue weighted by Crippen LogP contribution is 2.34. The van der Waals surface area contributed by atoms with Gasteiger partial charge in [0.1, 0.15) is 17.1 Å². The van der Waals surface area contributed by atoms with Crippen molar-refractivity contribution >= 4 is 17.2 Å². The Balaban J connectivity index is 1.22. The largest absolute Gasteiger partial charge is 0.508 e. The normalized spacial score (nSPS) is 18.0. The Hall–Kier alpha value is -3.06. The van der Waals surface area contributed by atoms with Gasteiger partial charge in [-0.1, -0.05) is 29.8 Å². The maximum absolute atomic E-state index is 9.98. The molecule has 0 atom stereocenters. The van der Waals surface area contributed by atoms with Crippen LogP contribution in [0, 0.1) is 5.92 Å². The van der Waals surface area contributed by atoms with Crippen LogP contribution in [-0.4, -0.2) is 32.7 Å². The van der Waals surface area contributed by atoms with E-state index in [9.17, 15) is 10.2 Å². The van der Waals surface area contributed by atoms with Crippen LogP contribution in [0.5, 0.6) is 11.5 Å². The fourth-order valence-corrected chi connectivity index (χ4v) is 5.46. The third-order valence-electron chi connectivity index (χ3n) is 7.29. The first-order valence-corrected chi connectivity index (χ1v) is 12.9. The van der Waals surface area contributed by atoms with Gasteiger partial charge in [-0.2, -0.15) is 0 Å². The molecule has 3 N–H and O–H groups in total. The van der Waals surface area contributed by atoms with Crippen LogP contribution >= 0.6 is 11.6 Å². The summed E-state index contributed by atoms with van der Waals surface area (Å²) in [6, 6.07) is 15.9. The Labute approximate surface area is 216 Å². The Morgan fingerprint density at radius 2 is 1.89 bits per heavy atom. The van der Waals surface area contributed by atoms with E-state index in [0.717, 1.165) is 47.3 Å². The minimum atomic E-state index is -0.119. The topological polar surface area (TPSA) is 79.0 Å². The Morgan fingerprint density at radius 3 is 2.64 bits per heavy atom. The smallest absolute Gasteiger partial charge is 0.137 e. The summed E-state index contributed by atoms with van der Waals surface area (Å²) < 4.78 is 7.30. The highest BCUT2D eigenvalue weighted by Gasteiger charge is 2.22. The fourth-order valence-electron chi connectivity index (χ4n) is 5.22. The molecule has 188 valence electrons. The predicted molar refractivity (Wildman–Crippen MR) is 143 cm³/mol. The molecular weight excluding hydrogens is 474 g/mol. The lowest BCUT2D eigenvalue weighted by Gasteiger charge is -2.29. The highest BCUT2D eigenvalue weighted by molar-refractivity contribution is 6.32. The number of aliphatic hydroxyl groups excluding tert-OH is 1. The number of rotatable bonds is 8. The van der Waals surface area contributed by atoms with Crippen LogP contribution in [0.15, 0.2) is 60.9 Å². The number of methoxy groups -OCH3 is 1. The van der Waals surface area contributed by atoms with Crippen molar-refractivity contribution in [1.29, 1.82) is 0 Å². The van der Waals surface area contributed by atoms with Crippen LogP contribution in [0.2, 0.25) is 5.02 Å². The lowest BCUT2D eigenvalue weighted by atomic mass is 9.82. The van der Waals surface area contributed by atoms with Crippen molar-refractivity contribution in [2.45, 2.75) is 51.3 Å². The van der Waals surface area contributed by atoms with E-state index >= 15 is 0 Å². The monoisotopic (exact) mass is 505 g/mol. The number of aromatic hydroxyl groups is 1. The number of nitrogens with one attached hydrogen (secondary N) is 1. The first kappa shape index (κ1) is 24.6. The third kappa shape index (κ3) is 5.36. The second-order valence-electron chi connectivity index (χ2n) is 9.66. The van der Waals surface area contributed by atoms with Crippen molar-refractivity contribution in [2.24, 2.45) is 5.92 Å². The standard InChI is InChI=1S/C29H32ClN3O3/c1-36-28-14-22(18-34)24(15-25(28)30)26-17-33-11-10-20(13-29(33)32-26)12-19-6-8-23(9-7-19)31-16-21-4-2-3-5-27(21)35/h2-5,10-11,13-15,17,19,23,31,34-35H,6-9,12,16,18H2,1H3. The Bertz CT molecular complexity index is 1350. The SMILES string of the molecule is COc1cc(CO)c(-c2cn3ccc(CC4CCC(NCc5ccccc5O)CC4)cc3n2)cc1Cl. The first-order valence-electron chi connectivity index (χ1n) is 12.5. The van der Waals surface area contributed by atoms with Gasteiger partial charge in [-0.15, -0.1) is 0 Å². The van der Waals surface area contributed by atoms with Crippen LogP contribution in [0.3, 0.4) is 0 Å². The summed E-state index contributed by atoms with van der Waals surface area (Å²) in [7, 11) is 1.56. The number of benzene rings is 2. The number of fused-ring (bicyclic) bond motifs is 1. The Kier molecular flexibility index (Phi) is 7.46. The molecular formula is C29H32ClN3O3. The zero-order valence-corrected chi connectivity index (χ0v) is 21.2. The van der Waals surface area contributed by atoms with Gasteiger partial charge in [0.15, 0.2) is 0 Å². The number of phenols is 1. The molecule has 2 aromatic heterocycles. The van der Waals surface area contributed by atoms with E-state index in [4.69, 9.17) is 21.3 Å². The zero-order chi connectivity index (χ0) is 25.1. The number of ether oxygens (including phenoxy) is 1. The molecule has 1 saturated carbocycles. The second kappa shape index (κ2) is 10.9. The van der Waals surface area contributed by atoms with Crippen LogP contribution < -0.4 is 10.1 Å². The van der Waals surface area contributed by atoms with Crippen molar-refractivity contribution < 1.29 is 14.9 Å². The highest BCUT2D eigenvalue weighted by atomic mass is 35.5. The summed E-state index contributed by atoms with van der Waals surface area (Å²) in [6.45, 7) is 0.588. The summed E-state index contributed by atoms with van der Waals surface area (Å²) in [6.07, 6.45) is 9.75. The van der Waals surface area contributed by atoms with Crippen molar-refractivity contribution in [3.63, 3.8) is 0 Å². The molecule has 1 fully saturated rings. The molecule has 2 aromatic carbocycles. The molecule has 0 radical (unpaired) electrons. The van der Waals surface area contributed by atoms with Gasteiger partial charge in [-0.25, -0.2) is 4.98 Å². The average molecular weight is 506 g/mol. The maximum atomic E-state index is 9.98.